The van der Waals surface area contributed by atoms with Crippen LogP contribution in [0.1, 0.15) is 37.8 Å². The molecule has 2 amide bonds. The number of urea groups is 1. The lowest BCUT2D eigenvalue weighted by Gasteiger charge is -2.26. The monoisotopic (exact) mass is 292 g/mol. The molecule has 1 fully saturated rings. The second-order valence-electron chi connectivity index (χ2n) is 5.19. The fourth-order valence-corrected chi connectivity index (χ4v) is 2.76. The quantitative estimate of drug-likeness (QED) is 0.907. The van der Waals surface area contributed by atoms with Gasteiger partial charge in [-0.1, -0.05) is 6.92 Å². The highest BCUT2D eigenvalue weighted by Gasteiger charge is 2.31. The maximum Gasteiger partial charge on any atom is 0.317 e. The van der Waals surface area contributed by atoms with Crippen molar-refractivity contribution in [2.45, 2.75) is 32.2 Å². The van der Waals surface area contributed by atoms with Crippen LogP contribution >= 0.6 is 0 Å². The molecule has 1 aromatic carbocycles. The third-order valence-electron chi connectivity index (χ3n) is 3.84. The number of hydrogen-bond donors (Lipinski definition) is 1. The molecule has 5 heteroatoms. The predicted molar refractivity (Wildman–Crippen MR) is 81.9 cm³/mol. The number of nitrogens with one attached hydrogen (secondary N) is 1. The van der Waals surface area contributed by atoms with E-state index in [4.69, 9.17) is 9.47 Å². The van der Waals surface area contributed by atoms with Gasteiger partial charge in [-0.2, -0.15) is 0 Å². The smallest absolute Gasteiger partial charge is 0.317 e. The molecule has 5 nitrogen and oxygen atoms in total. The summed E-state index contributed by atoms with van der Waals surface area (Å²) in [5, 5.41) is 2.96. The number of ether oxygens (including phenoxy) is 2. The van der Waals surface area contributed by atoms with Gasteiger partial charge in [0.25, 0.3) is 0 Å². The first kappa shape index (κ1) is 15.5. The molecule has 1 unspecified atom stereocenters. The first-order valence-corrected chi connectivity index (χ1v) is 7.47. The number of amides is 2. The molecule has 1 heterocycles. The summed E-state index contributed by atoms with van der Waals surface area (Å²) in [6.07, 6.45) is 2.91. The summed E-state index contributed by atoms with van der Waals surface area (Å²) in [6, 6.07) is 5.86. The molecule has 1 aliphatic rings. The molecule has 1 saturated heterocycles. The normalized spacial score (nSPS) is 17.7. The molecular formula is C16H24N2O3. The Morgan fingerprint density at radius 3 is 2.86 bits per heavy atom. The molecule has 0 aliphatic carbocycles. The van der Waals surface area contributed by atoms with Crippen LogP contribution in [-0.2, 0) is 0 Å². The number of rotatable bonds is 5. The molecule has 0 saturated carbocycles. The molecule has 0 bridgehead atoms. The highest BCUT2D eigenvalue weighted by atomic mass is 16.5. The highest BCUT2D eigenvalue weighted by molar-refractivity contribution is 5.75. The fourth-order valence-electron chi connectivity index (χ4n) is 2.76. The van der Waals surface area contributed by atoms with Crippen LogP contribution in [0.25, 0.3) is 0 Å². The minimum Gasteiger partial charge on any atom is -0.497 e. The van der Waals surface area contributed by atoms with E-state index in [1.807, 2.05) is 30.0 Å². The van der Waals surface area contributed by atoms with Gasteiger partial charge < -0.3 is 19.7 Å². The maximum atomic E-state index is 12.3. The van der Waals surface area contributed by atoms with Crippen molar-refractivity contribution in [2.24, 2.45) is 0 Å². The Kier molecular flexibility index (Phi) is 5.31. The second-order valence-corrected chi connectivity index (χ2v) is 5.19. The highest BCUT2D eigenvalue weighted by Crippen LogP contribution is 2.38. The number of carbonyl (C=O) groups excluding carboxylic acids is 1. The number of benzene rings is 1. The van der Waals surface area contributed by atoms with Crippen molar-refractivity contribution in [1.82, 2.24) is 10.2 Å². The third-order valence-corrected chi connectivity index (χ3v) is 3.84. The van der Waals surface area contributed by atoms with Crippen molar-refractivity contribution < 1.29 is 14.3 Å². The van der Waals surface area contributed by atoms with Gasteiger partial charge in [0.05, 0.1) is 20.3 Å². The molecule has 2 rings (SSSR count). The second kappa shape index (κ2) is 7.20. The number of carbonyl (C=O) groups is 1. The Labute approximate surface area is 126 Å². The average molecular weight is 292 g/mol. The Morgan fingerprint density at radius 1 is 1.38 bits per heavy atom. The number of methoxy groups -OCH3 is 2. The maximum absolute atomic E-state index is 12.3. The van der Waals surface area contributed by atoms with Crippen molar-refractivity contribution in [3.05, 3.63) is 23.8 Å². The van der Waals surface area contributed by atoms with Gasteiger partial charge in [0, 0.05) is 24.7 Å². The number of likely N-dealkylation sites (tertiary alicyclic amines) is 1. The Balaban J connectivity index is 2.21. The Hall–Kier alpha value is -1.91. The molecule has 0 aromatic heterocycles. The minimum atomic E-state index is 0.0113. The Bertz CT molecular complexity index is 490. The van der Waals surface area contributed by atoms with Crippen LogP contribution in [-0.4, -0.2) is 38.2 Å². The third kappa shape index (κ3) is 3.40. The zero-order valence-electron chi connectivity index (χ0n) is 13.0. The summed E-state index contributed by atoms with van der Waals surface area (Å²) in [5.41, 5.74) is 1.04. The molecule has 1 aromatic rings. The van der Waals surface area contributed by atoms with Gasteiger partial charge in [-0.3, -0.25) is 0 Å². The van der Waals surface area contributed by atoms with E-state index in [2.05, 4.69) is 5.32 Å². The Morgan fingerprint density at radius 2 is 2.19 bits per heavy atom. The van der Waals surface area contributed by atoms with Crippen molar-refractivity contribution in [1.29, 1.82) is 0 Å². The minimum absolute atomic E-state index is 0.0113. The van der Waals surface area contributed by atoms with Gasteiger partial charge in [0.15, 0.2) is 0 Å². The van der Waals surface area contributed by atoms with Crippen LogP contribution in [0.2, 0.25) is 0 Å². The molecule has 0 radical (unpaired) electrons. The molecule has 0 spiro atoms. The molecule has 1 aliphatic heterocycles. The summed E-state index contributed by atoms with van der Waals surface area (Å²) in [6.45, 7) is 3.55. The van der Waals surface area contributed by atoms with Gasteiger partial charge >= 0.3 is 6.03 Å². The van der Waals surface area contributed by atoms with Crippen molar-refractivity contribution in [2.75, 3.05) is 27.3 Å². The molecule has 1 atom stereocenters. The van der Waals surface area contributed by atoms with E-state index in [9.17, 15) is 4.79 Å². The summed E-state index contributed by atoms with van der Waals surface area (Å²) in [5.74, 6) is 1.53. The van der Waals surface area contributed by atoms with Crippen molar-refractivity contribution >= 4 is 6.03 Å². The molecule has 116 valence electrons. The van der Waals surface area contributed by atoms with Crippen LogP contribution in [0, 0.1) is 0 Å². The lowest BCUT2D eigenvalue weighted by atomic mass is 10.0. The van der Waals surface area contributed by atoms with E-state index < -0.39 is 0 Å². The van der Waals surface area contributed by atoms with E-state index in [1.54, 1.807) is 14.2 Å². The van der Waals surface area contributed by atoms with Crippen molar-refractivity contribution in [3.8, 4) is 11.5 Å². The van der Waals surface area contributed by atoms with Gasteiger partial charge in [0.1, 0.15) is 11.5 Å². The van der Waals surface area contributed by atoms with Gasteiger partial charge in [-0.15, -0.1) is 0 Å². The zero-order valence-corrected chi connectivity index (χ0v) is 13.0. The average Bonchev–Trinajstić information content (AvgIpc) is 3.01. The summed E-state index contributed by atoms with van der Waals surface area (Å²) in [4.78, 5) is 14.2. The van der Waals surface area contributed by atoms with Crippen molar-refractivity contribution in [3.63, 3.8) is 0 Å². The van der Waals surface area contributed by atoms with Crippen LogP contribution in [0.4, 0.5) is 4.79 Å². The SMILES string of the molecule is CCCNC(=O)N1CCCC1c1ccc(OC)cc1OC. The van der Waals surface area contributed by atoms with Gasteiger partial charge in [-0.05, 0) is 31.4 Å². The molecule has 21 heavy (non-hydrogen) atoms. The van der Waals surface area contributed by atoms with Crippen LogP contribution in [0.15, 0.2) is 18.2 Å². The lowest BCUT2D eigenvalue weighted by molar-refractivity contribution is 0.192. The largest absolute Gasteiger partial charge is 0.497 e. The first-order chi connectivity index (χ1) is 10.2. The lowest BCUT2D eigenvalue weighted by Crippen LogP contribution is -2.39. The summed E-state index contributed by atoms with van der Waals surface area (Å²) in [7, 11) is 3.28. The van der Waals surface area contributed by atoms with Crippen LogP contribution in [0.3, 0.4) is 0 Å². The van der Waals surface area contributed by atoms with E-state index >= 15 is 0 Å². The number of hydrogen-bond acceptors (Lipinski definition) is 3. The predicted octanol–water partition coefficient (Wildman–Crippen LogP) is 2.96. The van der Waals surface area contributed by atoms with E-state index in [0.717, 1.165) is 42.9 Å². The zero-order chi connectivity index (χ0) is 15.2. The van der Waals surface area contributed by atoms with Crippen LogP contribution in [0.5, 0.6) is 11.5 Å². The fraction of sp³-hybridized carbons (Fsp3) is 0.562. The molecular weight excluding hydrogens is 268 g/mol. The summed E-state index contributed by atoms with van der Waals surface area (Å²) < 4.78 is 10.7. The van der Waals surface area contributed by atoms with Crippen LogP contribution < -0.4 is 14.8 Å². The van der Waals surface area contributed by atoms with Gasteiger partial charge in [-0.25, -0.2) is 4.79 Å². The van der Waals surface area contributed by atoms with E-state index in [-0.39, 0.29) is 12.1 Å². The van der Waals surface area contributed by atoms with E-state index in [1.165, 1.54) is 0 Å². The van der Waals surface area contributed by atoms with Gasteiger partial charge in [0.2, 0.25) is 0 Å². The molecule has 1 N–H and O–H groups in total. The topological polar surface area (TPSA) is 50.8 Å². The first-order valence-electron chi connectivity index (χ1n) is 7.47. The standard InChI is InChI=1S/C16H24N2O3/c1-4-9-17-16(19)18-10-5-6-14(18)13-8-7-12(20-2)11-15(13)21-3/h7-8,11,14H,4-6,9-10H2,1-3H3,(H,17,19). The number of nitrogens with zero attached hydrogens (tertiary/aromatic N) is 1. The summed E-state index contributed by atoms with van der Waals surface area (Å²) >= 11 is 0. The van der Waals surface area contributed by atoms with E-state index in [0.29, 0.717) is 6.54 Å².